The Morgan fingerprint density at radius 2 is 0.905 bits per heavy atom. The number of unbranched alkanes of at least 4 members (excludes halogenated alkanes) is 3. The van der Waals surface area contributed by atoms with Gasteiger partial charge in [-0.3, -0.25) is 43.4 Å². The third-order valence-electron chi connectivity index (χ3n) is 21.9. The molecule has 0 unspecified atom stereocenters. The monoisotopic (exact) mass is 2050 g/mol. The zero-order chi connectivity index (χ0) is 105. The molecule has 0 spiro atoms. The van der Waals surface area contributed by atoms with Crippen LogP contribution >= 0.6 is 0 Å². The summed E-state index contributed by atoms with van der Waals surface area (Å²) in [6.45, 7) is 23.3. The molecule has 4 amide bonds. The number of aryl methyl sites for hydroxylation is 3. The van der Waals surface area contributed by atoms with Crippen LogP contribution in [0.25, 0.3) is 64.7 Å². The first kappa shape index (κ1) is 127. The number of alkyl carbamates (subject to hydrolysis) is 1. The van der Waals surface area contributed by atoms with Crippen molar-refractivity contribution < 1.29 is 147 Å². The van der Waals surface area contributed by atoms with E-state index in [1.54, 1.807) is 60.0 Å². The number of azide groups is 2. The first-order chi connectivity index (χ1) is 69.7. The van der Waals surface area contributed by atoms with Crippen LogP contribution in [0.1, 0.15) is 178 Å². The number of amides is 4. The number of alkyl halides is 3. The van der Waals surface area contributed by atoms with Crippen molar-refractivity contribution in [1.82, 2.24) is 25.9 Å². The summed E-state index contributed by atoms with van der Waals surface area (Å²) >= 11 is 0. The van der Waals surface area contributed by atoms with Gasteiger partial charge in [0.25, 0.3) is 0 Å². The van der Waals surface area contributed by atoms with Crippen LogP contribution < -0.4 is 54.9 Å². The molecule has 0 radical (unpaired) electrons. The van der Waals surface area contributed by atoms with Crippen molar-refractivity contribution in [3.8, 4) is 33.8 Å². The number of anilines is 1. The number of rotatable bonds is 67. The van der Waals surface area contributed by atoms with Crippen molar-refractivity contribution in [2.24, 2.45) is 16.0 Å². The van der Waals surface area contributed by atoms with Gasteiger partial charge in [0.2, 0.25) is 18.1 Å². The summed E-state index contributed by atoms with van der Waals surface area (Å²) in [5, 5.41) is 29.1. The van der Waals surface area contributed by atoms with Crippen LogP contribution in [0.3, 0.4) is 0 Å². The molecule has 0 fully saturated rings. The molecule has 7 N–H and O–H groups in total. The fourth-order valence-electron chi connectivity index (χ4n) is 14.9. The number of halogens is 3. The first-order valence-electron chi connectivity index (χ1n) is 48.8. The molecule has 37 nitrogen and oxygen atoms in total. The van der Waals surface area contributed by atoms with E-state index in [-0.39, 0.29) is 99.2 Å². The molecule has 0 bridgehead atoms. The Bertz CT molecular complexity index is 5360. The maximum absolute atomic E-state index is 14.4. The number of aromatic nitrogens is 2. The van der Waals surface area contributed by atoms with Gasteiger partial charge in [0.05, 0.1) is 138 Å². The van der Waals surface area contributed by atoms with Gasteiger partial charge in [0.15, 0.2) is 11.6 Å². The van der Waals surface area contributed by atoms with E-state index in [1.165, 1.54) is 12.0 Å². The van der Waals surface area contributed by atoms with E-state index in [2.05, 4.69) is 46.0 Å². The molecule has 147 heavy (non-hydrogen) atoms. The van der Waals surface area contributed by atoms with E-state index in [9.17, 15) is 56.6 Å². The minimum atomic E-state index is -4.64. The number of esters is 1. The van der Waals surface area contributed by atoms with E-state index in [4.69, 9.17) is 83.2 Å². The molecule has 0 saturated carbocycles. The maximum Gasteiger partial charge on any atom is 1.00 e. The number of nitrogens with one attached hydrogen (secondary N) is 3. The number of carboxylic acid groups (broad SMARTS) is 1. The molecule has 2 heterocycles. The zero-order valence-corrected chi connectivity index (χ0v) is 86.1. The summed E-state index contributed by atoms with van der Waals surface area (Å²) in [5.41, 5.74) is 29.1. The topological polar surface area (TPSA) is 512 Å². The van der Waals surface area contributed by atoms with Gasteiger partial charge in [-0.15, -0.1) is 0 Å². The number of carboxylic acids is 1. The van der Waals surface area contributed by atoms with Crippen LogP contribution in [-0.2, 0) is 92.1 Å². The average Bonchev–Trinajstić information content (AvgIpc) is 0.786. The Morgan fingerprint density at radius 3 is 1.31 bits per heavy atom. The van der Waals surface area contributed by atoms with Crippen molar-refractivity contribution in [3.63, 3.8) is 0 Å². The molecule has 6 aromatic carbocycles. The molecule has 0 aliphatic rings. The summed E-state index contributed by atoms with van der Waals surface area (Å²) in [5.74, 6) is -1.82. The minimum Gasteiger partial charge on any atom is -0.870 e. The van der Waals surface area contributed by atoms with Gasteiger partial charge in [-0.05, 0) is 229 Å². The Morgan fingerprint density at radius 1 is 0.497 bits per heavy atom. The van der Waals surface area contributed by atoms with Crippen LogP contribution in [0.15, 0.2) is 168 Å². The average molecular weight is 2050 g/mol. The number of aldehydes is 1. The Labute approximate surface area is 869 Å². The van der Waals surface area contributed by atoms with Crippen molar-refractivity contribution in [3.05, 3.63) is 207 Å². The van der Waals surface area contributed by atoms with Crippen molar-refractivity contribution in [1.29, 1.82) is 0 Å². The minimum absolute atomic E-state index is 0. The van der Waals surface area contributed by atoms with Crippen LogP contribution in [-0.4, -0.2) is 263 Å². The SMILES string of the molecule is COC(=O)C[C@H](CC(=O)[C@H](CCCCNC(=O)OC(C)(C)C)NC(=O)CCCN(C(=O)OC(C)(C)C)c1cc(C)ccn1)c1ccc(-c2ccc(OCCOCCOCCOCCOCCN=[N+]=[N-])c3ccccc23)cc1.Cc1ccnc(CCCCC(=O)N[C@@H](CCCCN)C(=O)C[C@@H](CC(=O)O)c2ccc(-c3ccc(OCCOCCOCCOCCOCCN=[N+]=[N-])c4ccccc34)cc2)c1.O=CC(F)(F)F.[Li+].[OH-]. The molecule has 8 aromatic rings. The number of benzene rings is 6. The quantitative estimate of drug-likeness (QED) is 0.00345. The van der Waals surface area contributed by atoms with Gasteiger partial charge in [0, 0.05) is 102 Å². The predicted octanol–water partition coefficient (Wildman–Crippen LogP) is 15.1. The molecule has 0 aliphatic heterocycles. The molecular formula is C106H143F3LiN13O24. The fraction of sp³-hybridized carbons (Fsp3) is 0.519. The first-order valence-corrected chi connectivity index (χ1v) is 48.8. The molecule has 4 atom stereocenters. The molecule has 0 aliphatic carbocycles. The van der Waals surface area contributed by atoms with Gasteiger partial charge in [-0.25, -0.2) is 14.6 Å². The largest absolute Gasteiger partial charge is 1.00 e. The number of pyridine rings is 2. The second kappa shape index (κ2) is 72.2. The number of hydrogen-bond acceptors (Lipinski definition) is 28. The van der Waals surface area contributed by atoms with E-state index in [0.717, 1.165) is 96.8 Å². The summed E-state index contributed by atoms with van der Waals surface area (Å²) in [7, 11) is 1.30. The van der Waals surface area contributed by atoms with Crippen LogP contribution in [0.4, 0.5) is 28.6 Å². The van der Waals surface area contributed by atoms with Gasteiger partial charge < -0.3 is 93.8 Å². The summed E-state index contributed by atoms with van der Waals surface area (Å²) in [6.07, 6.45) is 2.04. The number of Topliss-reactive ketones (excluding diaryl/α,β-unsaturated/α-hetero) is 2. The van der Waals surface area contributed by atoms with E-state index in [1.807, 2.05) is 153 Å². The molecule has 2 aromatic heterocycles. The number of carbonyl (C=O) groups is 9. The maximum atomic E-state index is 14.4. The third-order valence-corrected chi connectivity index (χ3v) is 21.9. The smallest absolute Gasteiger partial charge is 0.870 e. The van der Waals surface area contributed by atoms with Gasteiger partial charge in [0.1, 0.15) is 41.7 Å². The Kier molecular flexibility index (Phi) is 62.4. The van der Waals surface area contributed by atoms with Gasteiger partial charge >= 0.3 is 49.2 Å². The number of fused-ring (bicyclic) bond motifs is 2. The molecule has 8 rings (SSSR count). The molecule has 0 saturated heterocycles. The van der Waals surface area contributed by atoms with Crippen LogP contribution in [0.5, 0.6) is 11.5 Å². The van der Waals surface area contributed by atoms with Gasteiger partial charge in [-0.1, -0.05) is 119 Å². The predicted molar refractivity (Wildman–Crippen MR) is 545 cm³/mol. The number of ether oxygens (including phenoxy) is 13. The standard InChI is InChI=1S/C57H79N7O13.C47H62N6O9.C2HF3O.Li.H2O/c1-41-24-26-59-51(38-41)64(55(69)77-57(5,6)7)28-13-17-52(66)62-48(16-11-12-25-60-54(68)76-56(2,3)4)49(65)39-44(40-53(67)70-8)42-18-20-43(21-19-42)45-22-23-50(47-15-10-9-14-46(45)47)75-37-36-74-35-34-73-33-32-72-31-30-71-29-27-61-63-58;1-35-19-21-50-39(32-35)8-2-5-12-46(55)52-43(11-6-7-20-48)44(54)33-38(34-47(56)57)36-13-15-37(16-14-36)40-17-18-45(42-10-4-3-9-41(40)42)62-31-30-61-29-28-60-27-26-59-25-24-58-23-22-51-53-49;3-2(4,5)1-6;;/h9-10,14-15,18-24,26,38,44,48H,11-13,16-17,25,27-37,39-40H2,1-8H3,(H,60,68)(H,62,66);3-4,9-10,13-19,21,32,38,43H,2,5-8,11-12,20,22-31,33-34,48H2,1H3,(H,52,55)(H,56,57);1H;;1H2/q;;;+1;/p-1/t44-,48-;38-,43-;;;/m00.../s1. The number of aliphatic carboxylic acids is 1. The van der Waals surface area contributed by atoms with Crippen molar-refractivity contribution in [2.75, 3.05) is 164 Å². The molecule has 41 heteroatoms. The number of hydrogen-bond donors (Lipinski definition) is 5. The Hall–Kier alpha value is -12.2. The van der Waals surface area contributed by atoms with E-state index >= 15 is 0 Å². The third kappa shape index (κ3) is 53.3. The molecular weight excluding hydrogens is 1900 g/mol. The second-order valence-corrected chi connectivity index (χ2v) is 35.7. The van der Waals surface area contributed by atoms with Crippen LogP contribution in [0, 0.1) is 13.8 Å². The normalized spacial score (nSPS) is 12.0. The van der Waals surface area contributed by atoms with Crippen LogP contribution in [0.2, 0.25) is 0 Å². The summed E-state index contributed by atoms with van der Waals surface area (Å²) in [4.78, 5) is 130. The number of nitrogens with two attached hydrogens (primary N) is 1. The van der Waals surface area contributed by atoms with Gasteiger partial charge in [-0.2, -0.15) is 13.2 Å². The van der Waals surface area contributed by atoms with Crippen molar-refractivity contribution in [2.45, 2.75) is 199 Å². The summed E-state index contributed by atoms with van der Waals surface area (Å²) in [6, 6.07) is 45.2. The molecule has 798 valence electrons. The van der Waals surface area contributed by atoms with Crippen molar-refractivity contribution >= 4 is 81.2 Å². The zero-order valence-electron chi connectivity index (χ0n) is 86.1. The number of methoxy groups -OCH3 is 1. The number of carbonyl (C=O) groups excluding carboxylic acids is 8. The van der Waals surface area contributed by atoms with E-state index in [0.29, 0.717) is 195 Å². The summed E-state index contributed by atoms with van der Waals surface area (Å²) < 4.78 is 104. The number of nitrogens with zero attached hydrogens (tertiary/aromatic N) is 9. The van der Waals surface area contributed by atoms with E-state index < -0.39 is 71.7 Å². The Balaban J connectivity index is 0.000000583. The fourth-order valence-corrected chi connectivity index (χ4v) is 14.9. The second-order valence-electron chi connectivity index (χ2n) is 35.7. The number of ketones is 2.